The Balaban J connectivity index is 2.92. The van der Waals surface area contributed by atoms with Gasteiger partial charge in [-0.2, -0.15) is 0 Å². The largest absolute Gasteiger partial charge is 0.489 e. The average Bonchev–Trinajstić information content (AvgIpc) is 2.04. The molecule has 5 heteroatoms. The maximum atomic E-state index is 8.87. The van der Waals surface area contributed by atoms with Gasteiger partial charge < -0.3 is 14.8 Å². The molecular weight excluding hydrogens is 190 g/mol. The summed E-state index contributed by atoms with van der Waals surface area (Å²) in [6, 6.07) is 4.96. The summed E-state index contributed by atoms with van der Waals surface area (Å²) >= 11 is 5.78. The molecule has 0 saturated heterocycles. The normalized spacial score (nSPS) is 10.2. The summed E-state index contributed by atoms with van der Waals surface area (Å²) in [6.45, 7) is 0.460. The fourth-order valence-electron chi connectivity index (χ4n) is 1.04. The van der Waals surface area contributed by atoms with E-state index in [-0.39, 0.29) is 0 Å². The number of benzene rings is 1. The van der Waals surface area contributed by atoms with Gasteiger partial charge in [0.15, 0.2) is 0 Å². The molecule has 0 unspecified atom stereocenters. The highest BCUT2D eigenvalue weighted by Crippen LogP contribution is 2.09. The molecule has 1 aromatic rings. The first kappa shape index (κ1) is 10.5. The first-order valence-electron chi connectivity index (χ1n) is 3.78. The number of methoxy groups -OCH3 is 1. The maximum Gasteiger partial charge on any atom is 0.489 e. The summed E-state index contributed by atoms with van der Waals surface area (Å²) in [5.41, 5.74) is 1.21. The van der Waals surface area contributed by atoms with E-state index in [0.717, 1.165) is 5.56 Å². The van der Waals surface area contributed by atoms with Gasteiger partial charge in [-0.3, -0.25) is 0 Å². The zero-order valence-electron chi connectivity index (χ0n) is 7.20. The Bertz CT molecular complexity index is 291. The quantitative estimate of drug-likeness (QED) is 0.684. The van der Waals surface area contributed by atoms with Crippen molar-refractivity contribution in [3.63, 3.8) is 0 Å². The standard InChI is InChI=1S/C8H10BClO3/c1-13-5-6-2-3-7(9(11)12)8(10)4-6/h2-4,11-12H,5H2,1H3. The van der Waals surface area contributed by atoms with Crippen LogP contribution in [0.5, 0.6) is 0 Å². The smallest absolute Gasteiger partial charge is 0.423 e. The minimum absolute atomic E-state index is 0.307. The van der Waals surface area contributed by atoms with Gasteiger partial charge in [0, 0.05) is 17.6 Å². The van der Waals surface area contributed by atoms with Crippen molar-refractivity contribution in [3.8, 4) is 0 Å². The lowest BCUT2D eigenvalue weighted by molar-refractivity contribution is 0.185. The first-order chi connectivity index (χ1) is 6.15. The molecule has 0 aromatic heterocycles. The summed E-state index contributed by atoms with van der Waals surface area (Å²) in [5.74, 6) is 0. The van der Waals surface area contributed by atoms with Crippen LogP contribution < -0.4 is 5.46 Å². The second-order valence-electron chi connectivity index (χ2n) is 2.66. The van der Waals surface area contributed by atoms with Crippen molar-refractivity contribution >= 4 is 24.2 Å². The van der Waals surface area contributed by atoms with E-state index in [1.54, 1.807) is 25.3 Å². The highest BCUT2D eigenvalue weighted by atomic mass is 35.5. The molecule has 13 heavy (non-hydrogen) atoms. The Morgan fingerprint density at radius 1 is 1.46 bits per heavy atom. The lowest BCUT2D eigenvalue weighted by atomic mass is 9.80. The summed E-state index contributed by atoms with van der Waals surface area (Å²) < 4.78 is 4.90. The third-order valence-electron chi connectivity index (χ3n) is 1.65. The van der Waals surface area contributed by atoms with Gasteiger partial charge in [0.25, 0.3) is 0 Å². The predicted octanol–water partition coefficient (Wildman–Crippen LogP) is 0.166. The van der Waals surface area contributed by atoms with Gasteiger partial charge in [-0.25, -0.2) is 0 Å². The Morgan fingerprint density at radius 3 is 2.62 bits per heavy atom. The number of halogens is 1. The van der Waals surface area contributed by atoms with Crippen LogP contribution >= 0.6 is 11.6 Å². The zero-order chi connectivity index (χ0) is 9.84. The van der Waals surface area contributed by atoms with Crippen LogP contribution in [-0.2, 0) is 11.3 Å². The van der Waals surface area contributed by atoms with Crippen molar-refractivity contribution in [2.75, 3.05) is 7.11 Å². The third-order valence-corrected chi connectivity index (χ3v) is 1.98. The zero-order valence-corrected chi connectivity index (χ0v) is 7.95. The van der Waals surface area contributed by atoms with Gasteiger partial charge in [-0.05, 0) is 11.6 Å². The van der Waals surface area contributed by atoms with Crippen LogP contribution in [0.3, 0.4) is 0 Å². The molecule has 0 aliphatic carbocycles. The van der Waals surface area contributed by atoms with E-state index in [1.807, 2.05) is 0 Å². The second kappa shape index (κ2) is 4.62. The minimum Gasteiger partial charge on any atom is -0.423 e. The van der Waals surface area contributed by atoms with E-state index in [0.29, 0.717) is 17.1 Å². The molecule has 0 aliphatic rings. The van der Waals surface area contributed by atoms with Crippen molar-refractivity contribution in [1.82, 2.24) is 0 Å². The first-order valence-corrected chi connectivity index (χ1v) is 4.16. The number of ether oxygens (including phenoxy) is 1. The highest BCUT2D eigenvalue weighted by Gasteiger charge is 2.14. The average molecular weight is 200 g/mol. The molecule has 0 saturated carbocycles. The van der Waals surface area contributed by atoms with Crippen LogP contribution in [0.4, 0.5) is 0 Å². The van der Waals surface area contributed by atoms with Crippen molar-refractivity contribution in [1.29, 1.82) is 0 Å². The Kier molecular flexibility index (Phi) is 3.75. The molecule has 0 fully saturated rings. The van der Waals surface area contributed by atoms with Crippen LogP contribution in [0.15, 0.2) is 18.2 Å². The molecule has 0 bridgehead atoms. The molecule has 0 atom stereocenters. The van der Waals surface area contributed by atoms with Crippen LogP contribution in [0.1, 0.15) is 5.56 Å². The van der Waals surface area contributed by atoms with E-state index < -0.39 is 7.12 Å². The van der Waals surface area contributed by atoms with E-state index >= 15 is 0 Å². The Hall–Kier alpha value is -0.545. The van der Waals surface area contributed by atoms with Crippen molar-refractivity contribution in [3.05, 3.63) is 28.8 Å². The molecule has 0 heterocycles. The molecule has 0 radical (unpaired) electrons. The molecule has 0 aliphatic heterocycles. The predicted molar refractivity (Wildman–Crippen MR) is 52.0 cm³/mol. The maximum absolute atomic E-state index is 8.87. The Labute approximate surface area is 82.1 Å². The van der Waals surface area contributed by atoms with Crippen molar-refractivity contribution in [2.24, 2.45) is 0 Å². The van der Waals surface area contributed by atoms with Crippen molar-refractivity contribution in [2.45, 2.75) is 6.61 Å². The lowest BCUT2D eigenvalue weighted by Crippen LogP contribution is -2.30. The summed E-state index contributed by atoms with van der Waals surface area (Å²) in [7, 11) is 0.0620. The fourth-order valence-corrected chi connectivity index (χ4v) is 1.34. The van der Waals surface area contributed by atoms with Gasteiger partial charge in [0.2, 0.25) is 0 Å². The number of hydrogen-bond acceptors (Lipinski definition) is 3. The Morgan fingerprint density at radius 2 is 2.15 bits per heavy atom. The minimum atomic E-state index is -1.52. The second-order valence-corrected chi connectivity index (χ2v) is 3.07. The number of hydrogen-bond donors (Lipinski definition) is 2. The van der Waals surface area contributed by atoms with Crippen LogP contribution in [-0.4, -0.2) is 24.3 Å². The summed E-state index contributed by atoms with van der Waals surface area (Å²) in [6.07, 6.45) is 0. The molecule has 3 nitrogen and oxygen atoms in total. The van der Waals surface area contributed by atoms with Crippen LogP contribution in [0, 0.1) is 0 Å². The molecule has 2 N–H and O–H groups in total. The van der Waals surface area contributed by atoms with Gasteiger partial charge in [-0.1, -0.05) is 23.7 Å². The van der Waals surface area contributed by atoms with Crippen LogP contribution in [0.25, 0.3) is 0 Å². The van der Waals surface area contributed by atoms with E-state index in [2.05, 4.69) is 0 Å². The molecule has 1 aromatic carbocycles. The van der Waals surface area contributed by atoms with E-state index in [1.165, 1.54) is 0 Å². The van der Waals surface area contributed by atoms with Gasteiger partial charge in [0.05, 0.1) is 6.61 Å². The molecule has 1 rings (SSSR count). The molecule has 0 spiro atoms. The highest BCUT2D eigenvalue weighted by molar-refractivity contribution is 6.62. The third kappa shape index (κ3) is 2.71. The summed E-state index contributed by atoms with van der Waals surface area (Å²) in [4.78, 5) is 0. The lowest BCUT2D eigenvalue weighted by Gasteiger charge is -2.05. The van der Waals surface area contributed by atoms with Crippen molar-refractivity contribution < 1.29 is 14.8 Å². The van der Waals surface area contributed by atoms with E-state index in [9.17, 15) is 0 Å². The van der Waals surface area contributed by atoms with Crippen LogP contribution in [0.2, 0.25) is 5.02 Å². The molecule has 70 valence electrons. The fraction of sp³-hybridized carbons (Fsp3) is 0.250. The van der Waals surface area contributed by atoms with Gasteiger partial charge >= 0.3 is 7.12 Å². The molecular formula is C8H10BClO3. The van der Waals surface area contributed by atoms with E-state index in [4.69, 9.17) is 26.4 Å². The van der Waals surface area contributed by atoms with Gasteiger partial charge in [0.1, 0.15) is 0 Å². The topological polar surface area (TPSA) is 49.7 Å². The van der Waals surface area contributed by atoms with Gasteiger partial charge in [-0.15, -0.1) is 0 Å². The molecule has 0 amide bonds. The monoisotopic (exact) mass is 200 g/mol. The summed E-state index contributed by atoms with van der Waals surface area (Å²) in [5, 5.41) is 18.1. The SMILES string of the molecule is COCc1ccc(B(O)O)c(Cl)c1. The number of rotatable bonds is 3.